The minimum atomic E-state index is -0.995. The molecule has 0 saturated heterocycles. The van der Waals surface area contributed by atoms with Crippen LogP contribution < -0.4 is 11.1 Å². The molecule has 0 spiro atoms. The molecule has 2 rings (SSSR count). The standard InChI is InChI=1S/C17H15IN4O2/c1-10-7-12(8-13(9-19)16(23)21-17(20)24)11(2)22(10)15-5-3-14(18)4-6-15/h3-8H,1-2H3,(H3,20,21,23,24)/b13-8+. The van der Waals surface area contributed by atoms with Gasteiger partial charge in [0.2, 0.25) is 0 Å². The summed E-state index contributed by atoms with van der Waals surface area (Å²) in [6.07, 6.45) is 1.45. The largest absolute Gasteiger partial charge is 0.351 e. The SMILES string of the molecule is Cc1cc(/C=C(\C#N)C(=O)NC(N)=O)c(C)n1-c1ccc(I)cc1. The average molecular weight is 434 g/mol. The Kier molecular flexibility index (Phi) is 5.41. The molecule has 2 aromatic rings. The predicted octanol–water partition coefficient (Wildman–Crippen LogP) is 2.80. The second-order valence-corrected chi connectivity index (χ2v) is 6.37. The van der Waals surface area contributed by atoms with E-state index >= 15 is 0 Å². The molecule has 7 heteroatoms. The zero-order valence-corrected chi connectivity index (χ0v) is 15.3. The van der Waals surface area contributed by atoms with Crippen LogP contribution in [0, 0.1) is 28.7 Å². The quantitative estimate of drug-likeness (QED) is 0.441. The lowest BCUT2D eigenvalue weighted by Crippen LogP contribution is -2.35. The summed E-state index contributed by atoms with van der Waals surface area (Å²) < 4.78 is 3.16. The lowest BCUT2D eigenvalue weighted by molar-refractivity contribution is -0.115. The number of urea groups is 1. The van der Waals surface area contributed by atoms with Crippen LogP contribution in [-0.2, 0) is 4.79 Å². The van der Waals surface area contributed by atoms with Crippen LogP contribution in [0.25, 0.3) is 11.8 Å². The molecule has 122 valence electrons. The molecule has 0 radical (unpaired) electrons. The Bertz CT molecular complexity index is 873. The van der Waals surface area contributed by atoms with E-state index in [1.54, 1.807) is 6.07 Å². The molecule has 0 unspecified atom stereocenters. The van der Waals surface area contributed by atoms with Crippen molar-refractivity contribution in [2.75, 3.05) is 0 Å². The van der Waals surface area contributed by atoms with Crippen molar-refractivity contribution in [1.29, 1.82) is 5.26 Å². The predicted molar refractivity (Wildman–Crippen MR) is 99.3 cm³/mol. The van der Waals surface area contributed by atoms with Crippen molar-refractivity contribution in [1.82, 2.24) is 9.88 Å². The summed E-state index contributed by atoms with van der Waals surface area (Å²) in [5.41, 5.74) is 8.29. The highest BCUT2D eigenvalue weighted by Crippen LogP contribution is 2.23. The maximum Gasteiger partial charge on any atom is 0.319 e. The first-order valence-corrected chi connectivity index (χ1v) is 8.09. The fourth-order valence-electron chi connectivity index (χ4n) is 2.40. The van der Waals surface area contributed by atoms with E-state index in [0.29, 0.717) is 0 Å². The van der Waals surface area contributed by atoms with Crippen LogP contribution in [0.3, 0.4) is 0 Å². The van der Waals surface area contributed by atoms with Crippen molar-refractivity contribution in [3.63, 3.8) is 0 Å². The molecule has 0 fully saturated rings. The number of rotatable bonds is 3. The van der Waals surface area contributed by atoms with E-state index in [2.05, 4.69) is 22.6 Å². The molecule has 1 aromatic heterocycles. The van der Waals surface area contributed by atoms with Gasteiger partial charge in [0.05, 0.1) is 0 Å². The fourth-order valence-corrected chi connectivity index (χ4v) is 2.76. The van der Waals surface area contributed by atoms with Crippen molar-refractivity contribution >= 4 is 40.6 Å². The Morgan fingerprint density at radius 3 is 2.46 bits per heavy atom. The third-order valence-electron chi connectivity index (χ3n) is 3.46. The Hall–Kier alpha value is -2.60. The summed E-state index contributed by atoms with van der Waals surface area (Å²) in [5.74, 6) is -0.816. The van der Waals surface area contributed by atoms with Gasteiger partial charge in [-0.15, -0.1) is 0 Å². The van der Waals surface area contributed by atoms with Gasteiger partial charge in [-0.05, 0) is 78.4 Å². The normalized spacial score (nSPS) is 11.0. The Balaban J connectivity index is 2.46. The minimum Gasteiger partial charge on any atom is -0.351 e. The molecule has 1 aromatic carbocycles. The topological polar surface area (TPSA) is 101 Å². The molecular formula is C17H15IN4O2. The fraction of sp³-hybridized carbons (Fsp3) is 0.118. The summed E-state index contributed by atoms with van der Waals surface area (Å²) in [6.45, 7) is 3.84. The first-order chi connectivity index (χ1) is 11.3. The number of carbonyl (C=O) groups excluding carboxylic acids is 2. The van der Waals surface area contributed by atoms with E-state index in [1.165, 1.54) is 6.08 Å². The van der Waals surface area contributed by atoms with Crippen LogP contribution in [0.1, 0.15) is 17.0 Å². The van der Waals surface area contributed by atoms with Gasteiger partial charge in [-0.3, -0.25) is 10.1 Å². The number of aryl methyl sites for hydroxylation is 1. The van der Waals surface area contributed by atoms with E-state index in [4.69, 9.17) is 11.0 Å². The molecule has 0 saturated carbocycles. The van der Waals surface area contributed by atoms with Crippen molar-refractivity contribution in [3.05, 3.63) is 56.4 Å². The van der Waals surface area contributed by atoms with Crippen molar-refractivity contribution in [3.8, 4) is 11.8 Å². The van der Waals surface area contributed by atoms with Gasteiger partial charge < -0.3 is 10.3 Å². The number of nitrogens with zero attached hydrogens (tertiary/aromatic N) is 2. The van der Waals surface area contributed by atoms with Crippen LogP contribution in [-0.4, -0.2) is 16.5 Å². The summed E-state index contributed by atoms with van der Waals surface area (Å²) in [7, 11) is 0. The number of aromatic nitrogens is 1. The van der Waals surface area contributed by atoms with Crippen LogP contribution in [0.5, 0.6) is 0 Å². The third-order valence-corrected chi connectivity index (χ3v) is 4.18. The number of nitrogens with one attached hydrogen (secondary N) is 1. The number of amides is 3. The Labute approximate surface area is 153 Å². The number of hydrogen-bond donors (Lipinski definition) is 2. The summed E-state index contributed by atoms with van der Waals surface area (Å²) in [6, 6.07) is 10.7. The molecule has 0 aliphatic heterocycles. The number of carbonyl (C=O) groups is 2. The zero-order chi connectivity index (χ0) is 17.9. The monoisotopic (exact) mass is 434 g/mol. The smallest absolute Gasteiger partial charge is 0.319 e. The number of imide groups is 1. The maximum atomic E-state index is 11.8. The molecule has 0 bridgehead atoms. The van der Waals surface area contributed by atoms with Gasteiger partial charge in [0.1, 0.15) is 11.6 Å². The number of halogens is 1. The van der Waals surface area contributed by atoms with Crippen LogP contribution in [0.15, 0.2) is 35.9 Å². The van der Waals surface area contributed by atoms with E-state index in [-0.39, 0.29) is 5.57 Å². The highest BCUT2D eigenvalue weighted by atomic mass is 127. The van der Waals surface area contributed by atoms with E-state index in [9.17, 15) is 9.59 Å². The first kappa shape index (κ1) is 17.7. The summed E-state index contributed by atoms with van der Waals surface area (Å²) >= 11 is 2.24. The van der Waals surface area contributed by atoms with Gasteiger partial charge in [0.25, 0.3) is 5.91 Å². The first-order valence-electron chi connectivity index (χ1n) is 7.01. The highest BCUT2D eigenvalue weighted by Gasteiger charge is 2.14. The molecule has 1 heterocycles. The van der Waals surface area contributed by atoms with E-state index in [0.717, 1.165) is 26.2 Å². The van der Waals surface area contributed by atoms with Gasteiger partial charge in [-0.1, -0.05) is 0 Å². The van der Waals surface area contributed by atoms with Crippen molar-refractivity contribution < 1.29 is 9.59 Å². The van der Waals surface area contributed by atoms with Crippen molar-refractivity contribution in [2.24, 2.45) is 5.73 Å². The van der Waals surface area contributed by atoms with Crippen LogP contribution in [0.2, 0.25) is 0 Å². The third kappa shape index (κ3) is 3.83. The molecule has 3 N–H and O–H groups in total. The number of nitriles is 1. The number of primary amides is 1. The zero-order valence-electron chi connectivity index (χ0n) is 13.1. The Morgan fingerprint density at radius 2 is 1.92 bits per heavy atom. The molecule has 0 atom stereocenters. The molecule has 0 aliphatic carbocycles. The molecule has 24 heavy (non-hydrogen) atoms. The molecule has 6 nitrogen and oxygen atoms in total. The average Bonchev–Trinajstić information content (AvgIpc) is 2.79. The van der Waals surface area contributed by atoms with Gasteiger partial charge in [0, 0.05) is 20.6 Å². The van der Waals surface area contributed by atoms with Gasteiger partial charge in [0.15, 0.2) is 0 Å². The lowest BCUT2D eigenvalue weighted by Gasteiger charge is -2.09. The second kappa shape index (κ2) is 7.31. The molecule has 3 amide bonds. The molecule has 0 aliphatic rings. The maximum absolute atomic E-state index is 11.8. The number of nitrogens with two attached hydrogens (primary N) is 1. The minimum absolute atomic E-state index is 0.184. The van der Waals surface area contributed by atoms with Gasteiger partial charge in [-0.25, -0.2) is 4.79 Å². The number of hydrogen-bond acceptors (Lipinski definition) is 3. The lowest BCUT2D eigenvalue weighted by atomic mass is 10.1. The van der Waals surface area contributed by atoms with Crippen molar-refractivity contribution in [2.45, 2.75) is 13.8 Å². The summed E-state index contributed by atoms with van der Waals surface area (Å²) in [5, 5.41) is 11.0. The van der Waals surface area contributed by atoms with Crippen LogP contribution in [0.4, 0.5) is 4.79 Å². The van der Waals surface area contributed by atoms with Gasteiger partial charge >= 0.3 is 6.03 Å². The second-order valence-electron chi connectivity index (χ2n) is 5.13. The Morgan fingerprint density at radius 1 is 1.29 bits per heavy atom. The van der Waals surface area contributed by atoms with Crippen LogP contribution >= 0.6 is 22.6 Å². The summed E-state index contributed by atoms with van der Waals surface area (Å²) in [4.78, 5) is 22.6. The van der Waals surface area contributed by atoms with Gasteiger partial charge in [-0.2, -0.15) is 5.26 Å². The number of benzene rings is 1. The van der Waals surface area contributed by atoms with E-state index < -0.39 is 11.9 Å². The van der Waals surface area contributed by atoms with E-state index in [1.807, 2.05) is 54.1 Å². The highest BCUT2D eigenvalue weighted by molar-refractivity contribution is 14.1. The molecular weight excluding hydrogens is 419 g/mol.